The Bertz CT molecular complexity index is 909. The maximum absolute atomic E-state index is 11.3. The minimum absolute atomic E-state index is 0.0808. The summed E-state index contributed by atoms with van der Waals surface area (Å²) in [5.41, 5.74) is 1.64. The van der Waals surface area contributed by atoms with Crippen LogP contribution in [-0.2, 0) is 20.3 Å². The number of hydrogen-bond donors (Lipinski definition) is 1. The van der Waals surface area contributed by atoms with E-state index in [1.807, 2.05) is 48.5 Å². The summed E-state index contributed by atoms with van der Waals surface area (Å²) >= 11 is 3.28. The number of halogens is 1. The molecule has 0 aliphatic rings. The molecule has 1 heterocycles. The summed E-state index contributed by atoms with van der Waals surface area (Å²) in [7, 11) is 1.58. The van der Waals surface area contributed by atoms with E-state index in [-0.39, 0.29) is 12.3 Å². The van der Waals surface area contributed by atoms with Gasteiger partial charge >= 0.3 is 5.97 Å². The number of aryl methyl sites for hydroxylation is 1. The molecule has 0 fully saturated rings. The highest BCUT2D eigenvalue weighted by atomic mass is 79.9. The number of aromatic carboxylic acids is 1. The van der Waals surface area contributed by atoms with Gasteiger partial charge in [0.05, 0.1) is 4.47 Å². The third kappa shape index (κ3) is 4.05. The van der Waals surface area contributed by atoms with Crippen molar-refractivity contribution in [2.75, 3.05) is 0 Å². The summed E-state index contributed by atoms with van der Waals surface area (Å²) < 4.78 is 13.4. The second-order valence-corrected chi connectivity index (χ2v) is 6.34. The molecule has 1 aromatic heterocycles. The van der Waals surface area contributed by atoms with Crippen LogP contribution >= 0.6 is 15.9 Å². The van der Waals surface area contributed by atoms with E-state index in [9.17, 15) is 9.90 Å². The van der Waals surface area contributed by atoms with E-state index in [2.05, 4.69) is 21.0 Å². The summed E-state index contributed by atoms with van der Waals surface area (Å²) in [6, 6.07) is 17.2. The Morgan fingerprint density at radius 1 is 1.04 bits per heavy atom. The average molecular weight is 417 g/mol. The molecule has 0 aliphatic carbocycles. The Balaban J connectivity index is 1.71. The van der Waals surface area contributed by atoms with Gasteiger partial charge in [-0.2, -0.15) is 5.10 Å². The number of benzene rings is 2. The van der Waals surface area contributed by atoms with E-state index in [0.717, 1.165) is 5.56 Å². The second-order valence-electron chi connectivity index (χ2n) is 5.55. The first kappa shape index (κ1) is 18.0. The molecule has 0 spiro atoms. The van der Waals surface area contributed by atoms with Crippen LogP contribution in [0.25, 0.3) is 0 Å². The Hall–Kier alpha value is -2.80. The molecule has 134 valence electrons. The molecule has 3 rings (SSSR count). The molecule has 0 saturated carbocycles. The first-order valence-electron chi connectivity index (χ1n) is 7.89. The maximum atomic E-state index is 11.3. The van der Waals surface area contributed by atoms with Crippen LogP contribution in [-0.4, -0.2) is 20.9 Å². The van der Waals surface area contributed by atoms with E-state index >= 15 is 0 Å². The van der Waals surface area contributed by atoms with Gasteiger partial charge in [0.1, 0.15) is 18.9 Å². The number of ether oxygens (including phenoxy) is 2. The van der Waals surface area contributed by atoms with Crippen molar-refractivity contribution < 1.29 is 19.4 Å². The molecule has 2 aromatic carbocycles. The van der Waals surface area contributed by atoms with E-state index in [1.165, 1.54) is 4.68 Å². The summed E-state index contributed by atoms with van der Waals surface area (Å²) in [6.45, 7) is 0.547. The predicted octanol–water partition coefficient (Wildman–Crippen LogP) is 4.04. The molecular weight excluding hydrogens is 400 g/mol. The fourth-order valence-corrected chi connectivity index (χ4v) is 3.07. The number of nitrogens with zero attached hydrogens (tertiary/aromatic N) is 2. The molecule has 7 heteroatoms. The normalized spacial score (nSPS) is 10.5. The number of carboxylic acids is 1. The maximum Gasteiger partial charge on any atom is 0.355 e. The van der Waals surface area contributed by atoms with Crippen LogP contribution in [0.15, 0.2) is 59.1 Å². The van der Waals surface area contributed by atoms with Crippen LogP contribution in [0.1, 0.15) is 21.7 Å². The third-order valence-corrected chi connectivity index (χ3v) is 4.54. The molecule has 6 nitrogen and oxygen atoms in total. The smallest absolute Gasteiger partial charge is 0.355 e. The fraction of sp³-hybridized carbons (Fsp3) is 0.158. The van der Waals surface area contributed by atoms with E-state index in [4.69, 9.17) is 9.47 Å². The number of carbonyl (C=O) groups is 1. The number of rotatable bonds is 7. The second kappa shape index (κ2) is 8.05. The van der Waals surface area contributed by atoms with E-state index in [0.29, 0.717) is 28.3 Å². The highest BCUT2D eigenvalue weighted by molar-refractivity contribution is 9.10. The molecule has 0 aliphatic heterocycles. The molecule has 0 saturated heterocycles. The lowest BCUT2D eigenvalue weighted by atomic mass is 10.2. The Labute approximate surface area is 159 Å². The van der Waals surface area contributed by atoms with Gasteiger partial charge < -0.3 is 14.6 Å². The molecule has 0 atom stereocenters. The third-order valence-electron chi connectivity index (χ3n) is 3.71. The monoisotopic (exact) mass is 416 g/mol. The summed E-state index contributed by atoms with van der Waals surface area (Å²) in [5, 5.41) is 13.4. The standard InChI is InChI=1S/C19H17BrN2O4/c1-22-18(19(23)24)17(20)14(21-22)12-26-16-10-6-5-9-15(16)25-11-13-7-3-2-4-8-13/h2-10H,11-12H2,1H3,(H,23,24). The van der Waals surface area contributed by atoms with Crippen LogP contribution < -0.4 is 9.47 Å². The highest BCUT2D eigenvalue weighted by Crippen LogP contribution is 2.29. The lowest BCUT2D eigenvalue weighted by Gasteiger charge is -2.12. The van der Waals surface area contributed by atoms with Crippen molar-refractivity contribution in [2.45, 2.75) is 13.2 Å². The van der Waals surface area contributed by atoms with Crippen LogP contribution in [0, 0.1) is 0 Å². The van der Waals surface area contributed by atoms with Crippen LogP contribution in [0.4, 0.5) is 0 Å². The zero-order valence-electron chi connectivity index (χ0n) is 14.1. The average Bonchev–Trinajstić information content (AvgIpc) is 2.93. The Kier molecular flexibility index (Phi) is 5.58. The van der Waals surface area contributed by atoms with Crippen molar-refractivity contribution in [3.8, 4) is 11.5 Å². The van der Waals surface area contributed by atoms with Gasteiger partial charge in [-0.3, -0.25) is 4.68 Å². The molecule has 0 amide bonds. The Morgan fingerprint density at radius 2 is 1.62 bits per heavy atom. The first-order chi connectivity index (χ1) is 12.6. The van der Waals surface area contributed by atoms with Crippen LogP contribution in [0.2, 0.25) is 0 Å². The quantitative estimate of drug-likeness (QED) is 0.628. The largest absolute Gasteiger partial charge is 0.485 e. The SMILES string of the molecule is Cn1nc(COc2ccccc2OCc2ccccc2)c(Br)c1C(=O)O. The van der Waals surface area contributed by atoms with Crippen molar-refractivity contribution >= 4 is 21.9 Å². The van der Waals surface area contributed by atoms with Crippen molar-refractivity contribution in [1.29, 1.82) is 0 Å². The Morgan fingerprint density at radius 3 is 2.19 bits per heavy atom. The molecule has 1 N–H and O–H groups in total. The minimum Gasteiger partial charge on any atom is -0.485 e. The topological polar surface area (TPSA) is 73.6 Å². The van der Waals surface area contributed by atoms with Crippen molar-refractivity contribution in [3.05, 3.63) is 76.0 Å². The lowest BCUT2D eigenvalue weighted by molar-refractivity contribution is 0.0684. The molecule has 0 radical (unpaired) electrons. The summed E-state index contributed by atoms with van der Waals surface area (Å²) in [5.74, 6) is 0.129. The molecule has 3 aromatic rings. The van der Waals surface area contributed by atoms with Crippen molar-refractivity contribution in [3.63, 3.8) is 0 Å². The first-order valence-corrected chi connectivity index (χ1v) is 8.68. The van der Waals surface area contributed by atoms with Crippen LogP contribution in [0.3, 0.4) is 0 Å². The van der Waals surface area contributed by atoms with Gasteiger partial charge in [0, 0.05) is 7.05 Å². The van der Waals surface area contributed by atoms with E-state index < -0.39 is 5.97 Å². The molecule has 0 bridgehead atoms. The zero-order chi connectivity index (χ0) is 18.5. The summed E-state index contributed by atoms with van der Waals surface area (Å²) in [4.78, 5) is 11.3. The number of aromatic nitrogens is 2. The van der Waals surface area contributed by atoms with Gasteiger partial charge in [0.2, 0.25) is 0 Å². The van der Waals surface area contributed by atoms with Crippen molar-refractivity contribution in [2.24, 2.45) is 7.05 Å². The number of para-hydroxylation sites is 2. The summed E-state index contributed by atoms with van der Waals surface area (Å²) in [6.07, 6.45) is 0. The highest BCUT2D eigenvalue weighted by Gasteiger charge is 2.20. The van der Waals surface area contributed by atoms with Crippen LogP contribution in [0.5, 0.6) is 11.5 Å². The lowest BCUT2D eigenvalue weighted by Crippen LogP contribution is -2.05. The predicted molar refractivity (Wildman–Crippen MR) is 99.4 cm³/mol. The fourth-order valence-electron chi connectivity index (χ4n) is 2.45. The molecule has 0 unspecified atom stereocenters. The van der Waals surface area contributed by atoms with Gasteiger partial charge in [-0.25, -0.2) is 4.79 Å². The number of carboxylic acid groups (broad SMARTS) is 1. The van der Waals surface area contributed by atoms with Gasteiger partial charge in [0.25, 0.3) is 0 Å². The minimum atomic E-state index is -1.05. The van der Waals surface area contributed by atoms with Gasteiger partial charge in [-0.15, -0.1) is 0 Å². The van der Waals surface area contributed by atoms with Crippen molar-refractivity contribution in [1.82, 2.24) is 9.78 Å². The van der Waals surface area contributed by atoms with Gasteiger partial charge in [0.15, 0.2) is 17.2 Å². The van der Waals surface area contributed by atoms with Gasteiger partial charge in [-0.05, 0) is 33.6 Å². The van der Waals surface area contributed by atoms with Gasteiger partial charge in [-0.1, -0.05) is 42.5 Å². The van der Waals surface area contributed by atoms with E-state index in [1.54, 1.807) is 13.1 Å². The molecule has 26 heavy (non-hydrogen) atoms. The zero-order valence-corrected chi connectivity index (χ0v) is 15.6. The number of hydrogen-bond acceptors (Lipinski definition) is 4. The molecular formula is C19H17BrN2O4.